The van der Waals surface area contributed by atoms with Crippen molar-refractivity contribution in [3.8, 4) is 0 Å². The third kappa shape index (κ3) is 4.66. The van der Waals surface area contributed by atoms with Gasteiger partial charge in [-0.05, 0) is 41.9 Å². The zero-order chi connectivity index (χ0) is 14.4. The van der Waals surface area contributed by atoms with E-state index in [0.717, 1.165) is 18.8 Å². The summed E-state index contributed by atoms with van der Waals surface area (Å²) < 4.78 is 1.90. The van der Waals surface area contributed by atoms with Crippen LogP contribution in [0.15, 0.2) is 42.7 Å². The Kier molecular flexibility index (Phi) is 5.12. The molecule has 1 aromatic heterocycles. The molecule has 0 aliphatic heterocycles. The van der Waals surface area contributed by atoms with Gasteiger partial charge in [0.05, 0.1) is 6.54 Å². The number of rotatable bonds is 5. The smallest absolute Gasteiger partial charge is 0.170 e. The fraction of sp³-hybridized carbons (Fsp3) is 0.333. The second kappa shape index (κ2) is 7.05. The number of benzene rings is 1. The lowest BCUT2D eigenvalue weighted by Gasteiger charge is -2.13. The van der Waals surface area contributed by atoms with Crippen LogP contribution in [0.2, 0.25) is 0 Å². The molecule has 5 heteroatoms. The fourth-order valence-corrected chi connectivity index (χ4v) is 2.00. The maximum atomic E-state index is 5.27. The van der Waals surface area contributed by atoms with E-state index in [2.05, 4.69) is 41.7 Å². The molecule has 0 saturated heterocycles. The second-order valence-electron chi connectivity index (χ2n) is 5.13. The van der Waals surface area contributed by atoms with Crippen molar-refractivity contribution in [1.29, 1.82) is 0 Å². The van der Waals surface area contributed by atoms with Crippen LogP contribution < -0.4 is 10.6 Å². The molecule has 0 atom stereocenters. The Morgan fingerprint density at radius 2 is 2.20 bits per heavy atom. The summed E-state index contributed by atoms with van der Waals surface area (Å²) in [6, 6.07) is 10.1. The molecule has 1 aromatic carbocycles. The lowest BCUT2D eigenvalue weighted by atomic mass is 10.2. The van der Waals surface area contributed by atoms with Gasteiger partial charge in [0.15, 0.2) is 5.11 Å². The predicted molar refractivity (Wildman–Crippen MR) is 86.8 cm³/mol. The minimum atomic E-state index is 0.570. The van der Waals surface area contributed by atoms with Gasteiger partial charge in [-0.15, -0.1) is 0 Å². The maximum absolute atomic E-state index is 5.27. The summed E-state index contributed by atoms with van der Waals surface area (Å²) in [5.74, 6) is 0.570. The number of anilines is 1. The van der Waals surface area contributed by atoms with Crippen molar-refractivity contribution in [3.63, 3.8) is 0 Å². The van der Waals surface area contributed by atoms with Crippen LogP contribution in [0.1, 0.15) is 19.4 Å². The zero-order valence-electron chi connectivity index (χ0n) is 11.8. The van der Waals surface area contributed by atoms with Crippen LogP contribution >= 0.6 is 12.2 Å². The minimum Gasteiger partial charge on any atom is -0.362 e. The first kappa shape index (κ1) is 14.5. The van der Waals surface area contributed by atoms with E-state index in [1.165, 1.54) is 5.56 Å². The quantitative estimate of drug-likeness (QED) is 0.830. The summed E-state index contributed by atoms with van der Waals surface area (Å²) in [4.78, 5) is 0. The number of hydrogen-bond acceptors (Lipinski definition) is 2. The van der Waals surface area contributed by atoms with Crippen molar-refractivity contribution in [1.82, 2.24) is 15.1 Å². The SMILES string of the molecule is CC(C)CNC(=S)Nc1cccc(Cn2cccn2)c1. The van der Waals surface area contributed by atoms with Gasteiger partial charge in [0.2, 0.25) is 0 Å². The highest BCUT2D eigenvalue weighted by molar-refractivity contribution is 7.80. The van der Waals surface area contributed by atoms with E-state index in [4.69, 9.17) is 12.2 Å². The topological polar surface area (TPSA) is 41.9 Å². The highest BCUT2D eigenvalue weighted by Gasteiger charge is 2.01. The van der Waals surface area contributed by atoms with Crippen molar-refractivity contribution in [3.05, 3.63) is 48.3 Å². The van der Waals surface area contributed by atoms with Crippen LogP contribution in [0.3, 0.4) is 0 Å². The molecule has 0 aliphatic carbocycles. The Balaban J connectivity index is 1.94. The number of nitrogens with zero attached hydrogens (tertiary/aromatic N) is 2. The highest BCUT2D eigenvalue weighted by Crippen LogP contribution is 2.11. The normalized spacial score (nSPS) is 10.6. The molecule has 0 saturated carbocycles. The molecule has 0 fully saturated rings. The van der Waals surface area contributed by atoms with E-state index in [1.807, 2.05) is 29.1 Å². The van der Waals surface area contributed by atoms with Crippen LogP contribution in [0.5, 0.6) is 0 Å². The number of hydrogen-bond donors (Lipinski definition) is 2. The van der Waals surface area contributed by atoms with Crippen molar-refractivity contribution >= 4 is 23.0 Å². The molecule has 0 amide bonds. The van der Waals surface area contributed by atoms with Crippen LogP contribution in [0, 0.1) is 5.92 Å². The molecule has 4 nitrogen and oxygen atoms in total. The van der Waals surface area contributed by atoms with E-state index in [9.17, 15) is 0 Å². The third-order valence-electron chi connectivity index (χ3n) is 2.76. The average molecular weight is 288 g/mol. The van der Waals surface area contributed by atoms with E-state index in [-0.39, 0.29) is 0 Å². The molecular formula is C15H20N4S. The average Bonchev–Trinajstić information content (AvgIpc) is 2.89. The summed E-state index contributed by atoms with van der Waals surface area (Å²) in [6.45, 7) is 5.94. The molecule has 20 heavy (non-hydrogen) atoms. The lowest BCUT2D eigenvalue weighted by molar-refractivity contribution is 0.627. The van der Waals surface area contributed by atoms with Crippen LogP contribution in [0.25, 0.3) is 0 Å². The molecule has 1 heterocycles. The van der Waals surface area contributed by atoms with Crippen molar-refractivity contribution in [2.24, 2.45) is 5.92 Å². The van der Waals surface area contributed by atoms with Gasteiger partial charge in [-0.1, -0.05) is 26.0 Å². The molecule has 0 radical (unpaired) electrons. The summed E-state index contributed by atoms with van der Waals surface area (Å²) in [6.07, 6.45) is 3.74. The van der Waals surface area contributed by atoms with Gasteiger partial charge in [0.25, 0.3) is 0 Å². The predicted octanol–water partition coefficient (Wildman–Crippen LogP) is 2.87. The van der Waals surface area contributed by atoms with Gasteiger partial charge in [-0.25, -0.2) is 0 Å². The lowest BCUT2D eigenvalue weighted by Crippen LogP contribution is -2.31. The molecule has 0 aliphatic rings. The Morgan fingerprint density at radius 3 is 2.90 bits per heavy atom. The van der Waals surface area contributed by atoms with Crippen LogP contribution in [-0.2, 0) is 6.54 Å². The van der Waals surface area contributed by atoms with Gasteiger partial charge >= 0.3 is 0 Å². The van der Waals surface area contributed by atoms with E-state index >= 15 is 0 Å². The number of thiocarbonyl (C=S) groups is 1. The molecule has 2 N–H and O–H groups in total. The molecule has 0 spiro atoms. The van der Waals surface area contributed by atoms with Crippen molar-refractivity contribution in [2.45, 2.75) is 20.4 Å². The van der Waals surface area contributed by atoms with Crippen LogP contribution in [-0.4, -0.2) is 21.4 Å². The van der Waals surface area contributed by atoms with Crippen molar-refractivity contribution < 1.29 is 0 Å². The minimum absolute atomic E-state index is 0.570. The summed E-state index contributed by atoms with van der Waals surface area (Å²) in [5.41, 5.74) is 2.18. The van der Waals surface area contributed by atoms with Crippen molar-refractivity contribution in [2.75, 3.05) is 11.9 Å². The highest BCUT2D eigenvalue weighted by atomic mass is 32.1. The Morgan fingerprint density at radius 1 is 1.35 bits per heavy atom. The number of aromatic nitrogens is 2. The summed E-state index contributed by atoms with van der Waals surface area (Å²) in [5, 5.41) is 11.3. The zero-order valence-corrected chi connectivity index (χ0v) is 12.7. The first-order valence-corrected chi connectivity index (χ1v) is 7.15. The Bertz CT molecular complexity index is 549. The largest absolute Gasteiger partial charge is 0.362 e. The summed E-state index contributed by atoms with van der Waals surface area (Å²) >= 11 is 5.27. The van der Waals surface area contributed by atoms with Crippen LogP contribution in [0.4, 0.5) is 5.69 Å². The summed E-state index contributed by atoms with van der Waals surface area (Å²) in [7, 11) is 0. The first-order valence-electron chi connectivity index (χ1n) is 6.74. The van der Waals surface area contributed by atoms with Gasteiger partial charge in [0.1, 0.15) is 0 Å². The molecule has 2 rings (SSSR count). The molecule has 0 bridgehead atoms. The van der Waals surface area contributed by atoms with E-state index < -0.39 is 0 Å². The first-order chi connectivity index (χ1) is 9.63. The molecule has 0 unspecified atom stereocenters. The molecule has 2 aromatic rings. The standard InChI is InChI=1S/C15H20N4S/c1-12(2)10-16-15(20)18-14-6-3-5-13(9-14)11-19-8-4-7-17-19/h3-9,12H,10-11H2,1-2H3,(H2,16,18,20). The van der Waals surface area contributed by atoms with Gasteiger partial charge < -0.3 is 10.6 Å². The molecule has 106 valence electrons. The maximum Gasteiger partial charge on any atom is 0.170 e. The Labute approximate surface area is 125 Å². The van der Waals surface area contributed by atoms with Gasteiger partial charge in [-0.2, -0.15) is 5.10 Å². The van der Waals surface area contributed by atoms with Gasteiger partial charge in [0, 0.05) is 24.6 Å². The van der Waals surface area contributed by atoms with Gasteiger partial charge in [-0.3, -0.25) is 4.68 Å². The Hall–Kier alpha value is -1.88. The monoisotopic (exact) mass is 288 g/mol. The third-order valence-corrected chi connectivity index (χ3v) is 3.01. The van der Waals surface area contributed by atoms with E-state index in [1.54, 1.807) is 6.20 Å². The molecular weight excluding hydrogens is 268 g/mol. The fourth-order valence-electron chi connectivity index (χ4n) is 1.80. The second-order valence-corrected chi connectivity index (χ2v) is 5.54. The number of nitrogens with one attached hydrogen (secondary N) is 2. The van der Waals surface area contributed by atoms with E-state index in [0.29, 0.717) is 11.0 Å².